The largest absolute Gasteiger partial charge is 0.494 e. The third-order valence-corrected chi connectivity index (χ3v) is 4.29. The Morgan fingerprint density at radius 2 is 2.04 bits per heavy atom. The van der Waals surface area contributed by atoms with Crippen LogP contribution in [0.5, 0.6) is 5.75 Å². The summed E-state index contributed by atoms with van der Waals surface area (Å²) in [4.78, 5) is 26.2. The van der Waals surface area contributed by atoms with Gasteiger partial charge in [-0.1, -0.05) is 20.3 Å². The lowest BCUT2D eigenvalue weighted by Gasteiger charge is -2.31. The van der Waals surface area contributed by atoms with Crippen molar-refractivity contribution < 1.29 is 14.3 Å². The number of amides is 2. The maximum Gasteiger partial charge on any atom is 0.251 e. The van der Waals surface area contributed by atoms with Crippen molar-refractivity contribution in [1.29, 1.82) is 0 Å². The number of nitrogens with one attached hydrogen (secondary N) is 1. The van der Waals surface area contributed by atoms with Crippen molar-refractivity contribution in [2.75, 3.05) is 26.2 Å². The SMILES string of the molecule is CCCCOc1ccc(C(=O)NCC(=O)N2CCCC(C)C2)cc1. The molecular formula is C19H28N2O3. The van der Waals surface area contributed by atoms with Gasteiger partial charge in [0.15, 0.2) is 0 Å². The predicted octanol–water partition coefficient (Wildman–Crippen LogP) is 2.85. The van der Waals surface area contributed by atoms with Gasteiger partial charge in [-0.2, -0.15) is 0 Å². The molecule has 5 nitrogen and oxygen atoms in total. The standard InChI is InChI=1S/C19H28N2O3/c1-3-4-12-24-17-9-7-16(8-10-17)19(23)20-13-18(22)21-11-5-6-15(2)14-21/h7-10,15H,3-6,11-14H2,1-2H3,(H,20,23). The Labute approximate surface area is 144 Å². The first kappa shape index (κ1) is 18.3. The molecule has 24 heavy (non-hydrogen) atoms. The Morgan fingerprint density at radius 3 is 2.71 bits per heavy atom. The number of piperidine rings is 1. The van der Waals surface area contributed by atoms with Gasteiger partial charge in [0.25, 0.3) is 5.91 Å². The molecule has 1 atom stereocenters. The fourth-order valence-corrected chi connectivity index (χ4v) is 2.82. The van der Waals surface area contributed by atoms with Crippen molar-refractivity contribution in [3.05, 3.63) is 29.8 Å². The quantitative estimate of drug-likeness (QED) is 0.781. The summed E-state index contributed by atoms with van der Waals surface area (Å²) in [6.45, 7) is 6.59. The van der Waals surface area contributed by atoms with Gasteiger partial charge in [-0.15, -0.1) is 0 Å². The molecule has 132 valence electrons. The van der Waals surface area contributed by atoms with Crippen LogP contribution in [0.25, 0.3) is 0 Å². The van der Waals surface area contributed by atoms with Crippen molar-refractivity contribution >= 4 is 11.8 Å². The molecule has 1 unspecified atom stereocenters. The number of unbranched alkanes of at least 4 members (excludes halogenated alkanes) is 1. The summed E-state index contributed by atoms with van der Waals surface area (Å²) < 4.78 is 5.58. The molecule has 0 saturated carbocycles. The Bertz CT molecular complexity index is 542. The van der Waals surface area contributed by atoms with Gasteiger partial charge in [0.2, 0.25) is 5.91 Å². The molecule has 1 saturated heterocycles. The van der Waals surface area contributed by atoms with Crippen LogP contribution in [0.15, 0.2) is 24.3 Å². The number of nitrogens with zero attached hydrogens (tertiary/aromatic N) is 1. The lowest BCUT2D eigenvalue weighted by Crippen LogP contribution is -2.44. The van der Waals surface area contributed by atoms with E-state index in [1.165, 1.54) is 6.42 Å². The van der Waals surface area contributed by atoms with E-state index in [1.807, 2.05) is 4.90 Å². The van der Waals surface area contributed by atoms with Gasteiger partial charge >= 0.3 is 0 Å². The second-order valence-corrected chi connectivity index (χ2v) is 6.50. The first-order chi connectivity index (χ1) is 11.6. The molecule has 0 bridgehead atoms. The molecule has 0 spiro atoms. The molecule has 1 heterocycles. The number of rotatable bonds is 7. The van der Waals surface area contributed by atoms with Gasteiger partial charge in [-0.3, -0.25) is 9.59 Å². The van der Waals surface area contributed by atoms with Gasteiger partial charge in [0.1, 0.15) is 5.75 Å². The highest BCUT2D eigenvalue weighted by Crippen LogP contribution is 2.15. The highest BCUT2D eigenvalue weighted by Gasteiger charge is 2.21. The Balaban J connectivity index is 1.78. The molecular weight excluding hydrogens is 304 g/mol. The highest BCUT2D eigenvalue weighted by atomic mass is 16.5. The van der Waals surface area contributed by atoms with Crippen LogP contribution in [0.1, 0.15) is 49.9 Å². The number of hydrogen-bond donors (Lipinski definition) is 1. The van der Waals surface area contributed by atoms with Crippen LogP contribution in [-0.4, -0.2) is 43.0 Å². The minimum atomic E-state index is -0.228. The highest BCUT2D eigenvalue weighted by molar-refractivity contribution is 5.96. The summed E-state index contributed by atoms with van der Waals surface area (Å²) in [6, 6.07) is 7.03. The van der Waals surface area contributed by atoms with Crippen molar-refractivity contribution in [3.63, 3.8) is 0 Å². The van der Waals surface area contributed by atoms with Crippen molar-refractivity contribution in [2.24, 2.45) is 5.92 Å². The summed E-state index contributed by atoms with van der Waals surface area (Å²) in [6.07, 6.45) is 4.31. The molecule has 1 aliphatic rings. The monoisotopic (exact) mass is 332 g/mol. The van der Waals surface area contributed by atoms with E-state index in [1.54, 1.807) is 24.3 Å². The molecule has 2 amide bonds. The molecule has 0 aliphatic carbocycles. The third kappa shape index (κ3) is 5.55. The smallest absolute Gasteiger partial charge is 0.251 e. The van der Waals surface area contributed by atoms with Gasteiger partial charge in [0, 0.05) is 18.7 Å². The van der Waals surface area contributed by atoms with E-state index in [0.29, 0.717) is 18.1 Å². The first-order valence-electron chi connectivity index (χ1n) is 8.89. The molecule has 1 aliphatic heterocycles. The molecule has 0 aromatic heterocycles. The topological polar surface area (TPSA) is 58.6 Å². The van der Waals surface area contributed by atoms with Gasteiger partial charge in [-0.25, -0.2) is 0 Å². The lowest BCUT2D eigenvalue weighted by atomic mass is 10.0. The van der Waals surface area contributed by atoms with Gasteiger partial charge in [-0.05, 0) is 49.4 Å². The van der Waals surface area contributed by atoms with Crippen LogP contribution < -0.4 is 10.1 Å². The van der Waals surface area contributed by atoms with Crippen LogP contribution in [0, 0.1) is 5.92 Å². The summed E-state index contributed by atoms with van der Waals surface area (Å²) in [5.74, 6) is 1.07. The second kappa shape index (κ2) is 9.30. The minimum absolute atomic E-state index is 0.00517. The van der Waals surface area contributed by atoms with E-state index in [0.717, 1.165) is 38.1 Å². The number of ether oxygens (including phenoxy) is 1. The summed E-state index contributed by atoms with van der Waals surface area (Å²) >= 11 is 0. The molecule has 1 aromatic carbocycles. The average Bonchev–Trinajstić information content (AvgIpc) is 2.60. The van der Waals surface area contributed by atoms with Crippen molar-refractivity contribution in [1.82, 2.24) is 10.2 Å². The molecule has 2 rings (SSSR count). The van der Waals surface area contributed by atoms with Crippen LogP contribution in [0.2, 0.25) is 0 Å². The number of benzene rings is 1. The maximum absolute atomic E-state index is 12.2. The Morgan fingerprint density at radius 1 is 1.29 bits per heavy atom. The van der Waals surface area contributed by atoms with E-state index in [-0.39, 0.29) is 18.4 Å². The fourth-order valence-electron chi connectivity index (χ4n) is 2.82. The molecule has 0 radical (unpaired) electrons. The van der Waals surface area contributed by atoms with E-state index in [4.69, 9.17) is 4.74 Å². The number of likely N-dealkylation sites (tertiary alicyclic amines) is 1. The summed E-state index contributed by atoms with van der Waals surface area (Å²) in [7, 11) is 0. The van der Waals surface area contributed by atoms with Crippen LogP contribution >= 0.6 is 0 Å². The molecule has 1 fully saturated rings. The fraction of sp³-hybridized carbons (Fsp3) is 0.579. The average molecular weight is 332 g/mol. The van der Waals surface area contributed by atoms with Gasteiger partial charge in [0.05, 0.1) is 13.2 Å². The second-order valence-electron chi connectivity index (χ2n) is 6.50. The zero-order chi connectivity index (χ0) is 17.4. The normalized spacial score (nSPS) is 17.4. The third-order valence-electron chi connectivity index (χ3n) is 4.29. The zero-order valence-corrected chi connectivity index (χ0v) is 14.7. The number of hydrogen-bond acceptors (Lipinski definition) is 3. The van der Waals surface area contributed by atoms with Crippen LogP contribution in [0.4, 0.5) is 0 Å². The lowest BCUT2D eigenvalue weighted by molar-refractivity contribution is -0.131. The van der Waals surface area contributed by atoms with Crippen molar-refractivity contribution in [2.45, 2.75) is 39.5 Å². The van der Waals surface area contributed by atoms with E-state index in [2.05, 4.69) is 19.2 Å². The zero-order valence-electron chi connectivity index (χ0n) is 14.7. The van der Waals surface area contributed by atoms with Crippen molar-refractivity contribution in [3.8, 4) is 5.75 Å². The number of carbonyl (C=O) groups is 2. The first-order valence-corrected chi connectivity index (χ1v) is 8.89. The Kier molecular flexibility index (Phi) is 7.09. The van der Waals surface area contributed by atoms with E-state index < -0.39 is 0 Å². The van der Waals surface area contributed by atoms with E-state index in [9.17, 15) is 9.59 Å². The molecule has 5 heteroatoms. The van der Waals surface area contributed by atoms with Crippen LogP contribution in [-0.2, 0) is 4.79 Å². The molecule has 1 aromatic rings. The minimum Gasteiger partial charge on any atom is -0.494 e. The summed E-state index contributed by atoms with van der Waals surface area (Å²) in [5.41, 5.74) is 0.539. The number of carbonyl (C=O) groups excluding carboxylic acids is 2. The predicted molar refractivity (Wildman–Crippen MR) is 94.2 cm³/mol. The van der Waals surface area contributed by atoms with E-state index >= 15 is 0 Å². The maximum atomic E-state index is 12.2. The Hall–Kier alpha value is -2.04. The van der Waals surface area contributed by atoms with Crippen LogP contribution in [0.3, 0.4) is 0 Å². The van der Waals surface area contributed by atoms with Gasteiger partial charge < -0.3 is 15.0 Å². The molecule has 1 N–H and O–H groups in total. The summed E-state index contributed by atoms with van der Waals surface area (Å²) in [5, 5.41) is 2.71.